The van der Waals surface area contributed by atoms with Crippen LogP contribution in [0.1, 0.15) is 119 Å². The van der Waals surface area contributed by atoms with E-state index in [1.54, 1.807) is 21.3 Å². The SMILES string of the molecule is C=C/C(=C\C=C(/CO)C1CCN1c1ccccc1)CC1=CC=CC=CC1.CC.CC.CCC(O)C1CCCCC1.CC[C@H](C)OC.COC.OCC[C@@H](O)CO. The van der Waals surface area contributed by atoms with Gasteiger partial charge in [0.25, 0.3) is 0 Å². The summed E-state index contributed by atoms with van der Waals surface area (Å²) in [5.74, 6) is 0.624. The number of hydrogen-bond acceptors (Lipinski definition) is 8. The van der Waals surface area contributed by atoms with Gasteiger partial charge in [-0.1, -0.05) is 140 Å². The molecule has 56 heavy (non-hydrogen) atoms. The van der Waals surface area contributed by atoms with E-state index in [2.05, 4.69) is 104 Å². The molecule has 2 unspecified atom stereocenters. The average molecular weight is 788 g/mol. The van der Waals surface area contributed by atoms with Crippen LogP contribution in [0.5, 0.6) is 0 Å². The summed E-state index contributed by atoms with van der Waals surface area (Å²) < 4.78 is 9.15. The zero-order valence-corrected chi connectivity index (χ0v) is 37.2. The number of aliphatic hydroxyl groups excluding tert-OH is 5. The summed E-state index contributed by atoms with van der Waals surface area (Å²) in [6, 6.07) is 10.7. The van der Waals surface area contributed by atoms with Gasteiger partial charge in [-0.15, -0.1) is 0 Å². The van der Waals surface area contributed by atoms with Gasteiger partial charge in [0.15, 0.2) is 0 Å². The molecule has 1 aromatic rings. The van der Waals surface area contributed by atoms with Crippen molar-refractivity contribution in [2.45, 2.75) is 143 Å². The lowest BCUT2D eigenvalue weighted by molar-refractivity contribution is 0.0721. The fourth-order valence-corrected chi connectivity index (χ4v) is 5.66. The van der Waals surface area contributed by atoms with Gasteiger partial charge in [-0.2, -0.15) is 0 Å². The van der Waals surface area contributed by atoms with Crippen molar-refractivity contribution in [2.75, 3.05) is 52.6 Å². The number of hydrogen-bond donors (Lipinski definition) is 5. The molecule has 1 aromatic carbocycles. The first-order valence-electron chi connectivity index (χ1n) is 21.2. The van der Waals surface area contributed by atoms with E-state index >= 15 is 0 Å². The normalized spacial score (nSPS) is 17.7. The Labute approximate surface area is 344 Å². The van der Waals surface area contributed by atoms with E-state index in [0.717, 1.165) is 44.2 Å². The predicted octanol–water partition coefficient (Wildman–Crippen LogP) is 9.93. The molecule has 8 heteroatoms. The molecular weight excluding hydrogens is 703 g/mol. The van der Waals surface area contributed by atoms with Crippen molar-refractivity contribution in [3.05, 3.63) is 102 Å². The lowest BCUT2D eigenvalue weighted by atomic mass is 9.84. The van der Waals surface area contributed by atoms with Crippen LogP contribution in [0, 0.1) is 5.92 Å². The highest BCUT2D eigenvalue weighted by atomic mass is 16.5. The first-order chi connectivity index (χ1) is 27.2. The van der Waals surface area contributed by atoms with Crippen molar-refractivity contribution in [2.24, 2.45) is 5.92 Å². The molecule has 3 aliphatic rings. The second-order valence-electron chi connectivity index (χ2n) is 13.3. The summed E-state index contributed by atoms with van der Waals surface area (Å²) in [7, 11) is 4.98. The van der Waals surface area contributed by atoms with E-state index in [4.69, 9.17) is 20.1 Å². The largest absolute Gasteiger partial charge is 0.396 e. The fraction of sp³-hybridized carbons (Fsp3) is 0.625. The topological polar surface area (TPSA) is 123 Å². The standard InChI is InChI=1S/C24H27NO.C9H18O.C5H12O.C4H10O3.C2H6O.2C2H6/c1-2-20(18-21-10-6-3-4-7-11-21)14-15-22(19-26)24-16-17-25(24)23-12-8-5-9-13-23;1-2-9(10)8-6-4-3-5-7-8;1-4-5(2)6-3;5-2-1-4(7)3-6;1-3-2;2*1-2/h2-10,12-15,24,26H,1,11,16-19H2;8-10H,2-7H2,1H3;5H,4H2,1-3H3;4-7H,1-3H2;1-2H3;2*1-2H3/b20-14+,22-15+;;;;;;/t;;5-;4-;;;/m..01.../s1. The van der Waals surface area contributed by atoms with Gasteiger partial charge < -0.3 is 39.9 Å². The van der Waals surface area contributed by atoms with E-state index in [0.29, 0.717) is 12.0 Å². The summed E-state index contributed by atoms with van der Waals surface area (Å²) in [6.45, 7) is 19.0. The minimum atomic E-state index is -0.745. The van der Waals surface area contributed by atoms with Gasteiger partial charge in [-0.05, 0) is 87.5 Å². The molecule has 0 amide bonds. The van der Waals surface area contributed by atoms with E-state index < -0.39 is 6.10 Å². The first kappa shape index (κ1) is 57.5. The van der Waals surface area contributed by atoms with Crippen molar-refractivity contribution < 1.29 is 35.0 Å². The van der Waals surface area contributed by atoms with Gasteiger partial charge in [0, 0.05) is 40.2 Å². The van der Waals surface area contributed by atoms with Crippen molar-refractivity contribution in [1.82, 2.24) is 0 Å². The Morgan fingerprint density at radius 3 is 1.93 bits per heavy atom. The Morgan fingerprint density at radius 2 is 1.50 bits per heavy atom. The molecule has 0 radical (unpaired) electrons. The second kappa shape index (κ2) is 41.8. The lowest BCUT2D eigenvalue weighted by Crippen LogP contribution is -2.49. The molecule has 0 spiro atoms. The predicted molar refractivity (Wildman–Crippen MR) is 241 cm³/mol. The molecule has 0 bridgehead atoms. The Kier molecular flexibility index (Phi) is 42.9. The van der Waals surface area contributed by atoms with Crippen LogP contribution < -0.4 is 4.90 Å². The minimum absolute atomic E-state index is 0.0136. The summed E-state index contributed by atoms with van der Waals surface area (Å²) in [5.41, 5.74) is 4.83. The third-order valence-electron chi connectivity index (χ3n) is 9.26. The van der Waals surface area contributed by atoms with Crippen LogP contribution in [-0.2, 0) is 9.47 Å². The zero-order chi connectivity index (χ0) is 43.0. The molecule has 2 aliphatic carbocycles. The van der Waals surface area contributed by atoms with Gasteiger partial charge in [0.1, 0.15) is 0 Å². The molecule has 5 N–H and O–H groups in total. The first-order valence-corrected chi connectivity index (χ1v) is 21.2. The maximum absolute atomic E-state index is 9.89. The number of benzene rings is 1. The second-order valence-corrected chi connectivity index (χ2v) is 13.3. The number of nitrogens with zero attached hydrogens (tertiary/aromatic N) is 1. The molecule has 1 saturated heterocycles. The average Bonchev–Trinajstić information content (AvgIpc) is 3.52. The van der Waals surface area contributed by atoms with Gasteiger partial charge in [-0.3, -0.25) is 0 Å². The number of allylic oxidation sites excluding steroid dienone is 10. The molecule has 4 atom stereocenters. The van der Waals surface area contributed by atoms with E-state index in [1.807, 2.05) is 39.8 Å². The number of ether oxygens (including phenoxy) is 2. The molecule has 0 aromatic heterocycles. The molecule has 8 nitrogen and oxygen atoms in total. The summed E-state index contributed by atoms with van der Waals surface area (Å²) in [5, 5.41) is 44.0. The smallest absolute Gasteiger partial charge is 0.0792 e. The molecule has 1 aliphatic heterocycles. The fourth-order valence-electron chi connectivity index (χ4n) is 5.66. The van der Waals surface area contributed by atoms with Crippen LogP contribution >= 0.6 is 0 Å². The van der Waals surface area contributed by atoms with Gasteiger partial charge in [-0.25, -0.2) is 0 Å². The highest BCUT2D eigenvalue weighted by Crippen LogP contribution is 2.31. The zero-order valence-electron chi connectivity index (χ0n) is 37.2. The Bertz CT molecular complexity index is 1150. The van der Waals surface area contributed by atoms with Crippen LogP contribution in [0.4, 0.5) is 5.69 Å². The maximum atomic E-state index is 9.89. The quantitative estimate of drug-likeness (QED) is 0.118. The van der Waals surface area contributed by atoms with Crippen LogP contribution in [0.2, 0.25) is 0 Å². The summed E-state index contributed by atoms with van der Waals surface area (Å²) >= 11 is 0. The Hall–Kier alpha value is -2.82. The van der Waals surface area contributed by atoms with Crippen molar-refractivity contribution in [3.63, 3.8) is 0 Å². The van der Waals surface area contributed by atoms with E-state index in [1.165, 1.54) is 48.9 Å². The molecule has 1 heterocycles. The molecule has 4 rings (SSSR count). The third kappa shape index (κ3) is 28.6. The maximum Gasteiger partial charge on any atom is 0.0792 e. The van der Waals surface area contributed by atoms with Crippen molar-refractivity contribution >= 4 is 5.69 Å². The van der Waals surface area contributed by atoms with Gasteiger partial charge in [0.2, 0.25) is 0 Å². The van der Waals surface area contributed by atoms with Gasteiger partial charge in [0.05, 0.1) is 37.6 Å². The monoisotopic (exact) mass is 788 g/mol. The number of methoxy groups -OCH3 is 2. The highest BCUT2D eigenvalue weighted by molar-refractivity contribution is 5.52. The number of para-hydroxylation sites is 1. The summed E-state index contributed by atoms with van der Waals surface area (Å²) in [4.78, 5) is 2.35. The molecule has 1 saturated carbocycles. The van der Waals surface area contributed by atoms with Crippen LogP contribution in [-0.4, -0.2) is 97.6 Å². The minimum Gasteiger partial charge on any atom is -0.396 e. The van der Waals surface area contributed by atoms with Crippen LogP contribution in [0.15, 0.2) is 102 Å². The van der Waals surface area contributed by atoms with Crippen LogP contribution in [0.3, 0.4) is 0 Å². The van der Waals surface area contributed by atoms with Crippen LogP contribution in [0.25, 0.3) is 0 Å². The van der Waals surface area contributed by atoms with E-state index in [9.17, 15) is 10.2 Å². The van der Waals surface area contributed by atoms with E-state index in [-0.39, 0.29) is 38.4 Å². The number of anilines is 1. The van der Waals surface area contributed by atoms with Crippen molar-refractivity contribution in [3.8, 4) is 0 Å². The molecular formula is C48H85NO7. The lowest BCUT2D eigenvalue weighted by Gasteiger charge is -2.44. The van der Waals surface area contributed by atoms with Gasteiger partial charge >= 0.3 is 0 Å². The molecule has 324 valence electrons. The molecule has 2 fully saturated rings. The third-order valence-corrected chi connectivity index (χ3v) is 9.26. The Morgan fingerprint density at radius 1 is 0.875 bits per heavy atom. The Balaban J connectivity index is -0.000000767. The number of rotatable bonds is 14. The van der Waals surface area contributed by atoms with Crippen molar-refractivity contribution in [1.29, 1.82) is 0 Å². The summed E-state index contributed by atoms with van der Waals surface area (Å²) in [6.07, 6.45) is 28.2. The number of aliphatic hydroxyl groups is 5. The highest BCUT2D eigenvalue weighted by Gasteiger charge is 2.30.